The number of amides is 2. The summed E-state index contributed by atoms with van der Waals surface area (Å²) in [6.45, 7) is 0.480. The monoisotopic (exact) mass is 534 g/mol. The van der Waals surface area contributed by atoms with Crippen LogP contribution in [0.5, 0.6) is 5.75 Å². The van der Waals surface area contributed by atoms with Gasteiger partial charge in [-0.2, -0.15) is 18.3 Å². The lowest BCUT2D eigenvalue weighted by atomic mass is 9.72. The number of fused-ring (bicyclic) bond motifs is 3. The minimum absolute atomic E-state index is 0.0145. The highest BCUT2D eigenvalue weighted by molar-refractivity contribution is 6.05. The van der Waals surface area contributed by atoms with Gasteiger partial charge in [-0.1, -0.05) is 18.9 Å². The SMILES string of the molecule is COCC(=O)Nc1c2c(nn1CCC1CC1)C[C@]1(CCCc3cc(OCCCC(F)(F)F)ccc31)NC2=O. The fourth-order valence-corrected chi connectivity index (χ4v) is 5.61. The van der Waals surface area contributed by atoms with Gasteiger partial charge in [-0.05, 0) is 61.3 Å². The molecule has 206 valence electrons. The van der Waals surface area contributed by atoms with Crippen LogP contribution < -0.4 is 15.4 Å². The third-order valence-electron chi connectivity index (χ3n) is 7.57. The van der Waals surface area contributed by atoms with E-state index in [1.165, 1.54) is 20.0 Å². The Morgan fingerprint density at radius 3 is 2.87 bits per heavy atom. The molecule has 2 amide bonds. The molecule has 3 aliphatic rings. The molecule has 2 aliphatic carbocycles. The number of aromatic nitrogens is 2. The van der Waals surface area contributed by atoms with E-state index in [4.69, 9.17) is 14.6 Å². The molecule has 11 heteroatoms. The lowest BCUT2D eigenvalue weighted by Gasteiger charge is -2.42. The number of hydrogen-bond acceptors (Lipinski definition) is 5. The van der Waals surface area contributed by atoms with Gasteiger partial charge in [-0.15, -0.1) is 0 Å². The third-order valence-corrected chi connectivity index (χ3v) is 7.57. The van der Waals surface area contributed by atoms with Crippen molar-refractivity contribution in [1.82, 2.24) is 15.1 Å². The van der Waals surface area contributed by atoms with Crippen LogP contribution in [0.2, 0.25) is 0 Å². The van der Waals surface area contributed by atoms with Crippen LogP contribution in [-0.4, -0.2) is 48.1 Å². The van der Waals surface area contributed by atoms with E-state index < -0.39 is 18.1 Å². The molecule has 2 N–H and O–H groups in total. The van der Waals surface area contributed by atoms with Gasteiger partial charge >= 0.3 is 6.18 Å². The number of benzene rings is 1. The molecule has 0 saturated heterocycles. The zero-order valence-electron chi connectivity index (χ0n) is 21.5. The first-order valence-corrected chi connectivity index (χ1v) is 13.2. The Balaban J connectivity index is 1.38. The molecule has 8 nitrogen and oxygen atoms in total. The number of nitrogens with zero attached hydrogens (tertiary/aromatic N) is 2. The maximum atomic E-state index is 13.6. The normalized spacial score (nSPS) is 20.6. The number of alkyl halides is 3. The molecule has 2 heterocycles. The van der Waals surface area contributed by atoms with E-state index in [0.717, 1.165) is 36.8 Å². The van der Waals surface area contributed by atoms with E-state index in [9.17, 15) is 22.8 Å². The van der Waals surface area contributed by atoms with E-state index in [-0.39, 0.29) is 31.4 Å². The predicted molar refractivity (Wildman–Crippen MR) is 133 cm³/mol. The van der Waals surface area contributed by atoms with E-state index in [0.29, 0.717) is 41.7 Å². The summed E-state index contributed by atoms with van der Waals surface area (Å²) in [7, 11) is 1.44. The minimum Gasteiger partial charge on any atom is -0.494 e. The van der Waals surface area contributed by atoms with Crippen LogP contribution in [0, 0.1) is 5.92 Å². The van der Waals surface area contributed by atoms with Gasteiger partial charge in [-0.25, -0.2) is 4.68 Å². The first-order chi connectivity index (χ1) is 18.2. The Kier molecular flexibility index (Phi) is 7.39. The van der Waals surface area contributed by atoms with Crippen LogP contribution >= 0.6 is 0 Å². The number of carbonyl (C=O) groups excluding carboxylic acids is 2. The third kappa shape index (κ3) is 5.82. The molecule has 1 aromatic carbocycles. The highest BCUT2D eigenvalue weighted by atomic mass is 19.4. The smallest absolute Gasteiger partial charge is 0.389 e. The van der Waals surface area contributed by atoms with E-state index in [1.807, 2.05) is 12.1 Å². The van der Waals surface area contributed by atoms with Crippen molar-refractivity contribution in [2.75, 3.05) is 25.6 Å². The van der Waals surface area contributed by atoms with Gasteiger partial charge in [0.1, 0.15) is 23.7 Å². The quantitative estimate of drug-likeness (QED) is 0.438. The summed E-state index contributed by atoms with van der Waals surface area (Å²) >= 11 is 0. The van der Waals surface area contributed by atoms with E-state index in [1.54, 1.807) is 10.7 Å². The number of aryl methyl sites for hydroxylation is 2. The maximum absolute atomic E-state index is 13.6. The largest absolute Gasteiger partial charge is 0.494 e. The molecule has 1 aromatic heterocycles. The topological polar surface area (TPSA) is 94.5 Å². The number of hydrogen-bond donors (Lipinski definition) is 2. The van der Waals surface area contributed by atoms with Gasteiger partial charge in [0.05, 0.1) is 17.8 Å². The predicted octanol–water partition coefficient (Wildman–Crippen LogP) is 4.51. The summed E-state index contributed by atoms with van der Waals surface area (Å²) in [6.07, 6.45) is 0.992. The van der Waals surface area contributed by atoms with Crippen molar-refractivity contribution in [2.24, 2.45) is 5.92 Å². The number of methoxy groups -OCH3 is 1. The Labute approximate surface area is 219 Å². The Hall–Kier alpha value is -3.08. The summed E-state index contributed by atoms with van der Waals surface area (Å²) in [5.41, 5.74) is 2.39. The number of ether oxygens (including phenoxy) is 2. The van der Waals surface area contributed by atoms with Crippen LogP contribution in [-0.2, 0) is 34.5 Å². The molecule has 1 spiro atoms. The molecular formula is C27H33F3N4O4. The zero-order valence-corrected chi connectivity index (χ0v) is 21.5. The van der Waals surface area contributed by atoms with Gasteiger partial charge in [0, 0.05) is 26.5 Å². The molecule has 0 bridgehead atoms. The number of halogens is 3. The molecule has 38 heavy (non-hydrogen) atoms. The van der Waals surface area contributed by atoms with Gasteiger partial charge in [0.2, 0.25) is 0 Å². The lowest BCUT2D eigenvalue weighted by molar-refractivity contribution is -0.136. The molecule has 1 aliphatic heterocycles. The molecular weight excluding hydrogens is 501 g/mol. The fourth-order valence-electron chi connectivity index (χ4n) is 5.61. The van der Waals surface area contributed by atoms with Crippen molar-refractivity contribution in [3.05, 3.63) is 40.6 Å². The van der Waals surface area contributed by atoms with Gasteiger partial charge in [0.15, 0.2) is 0 Å². The summed E-state index contributed by atoms with van der Waals surface area (Å²) in [5, 5.41) is 10.9. The Morgan fingerprint density at radius 1 is 1.32 bits per heavy atom. The number of carbonyl (C=O) groups is 2. The average molecular weight is 535 g/mol. The summed E-state index contributed by atoms with van der Waals surface area (Å²) in [6, 6.07) is 5.53. The Morgan fingerprint density at radius 2 is 2.13 bits per heavy atom. The van der Waals surface area contributed by atoms with Crippen LogP contribution in [0.25, 0.3) is 0 Å². The van der Waals surface area contributed by atoms with Crippen LogP contribution in [0.3, 0.4) is 0 Å². The Bertz CT molecular complexity index is 1210. The second kappa shape index (κ2) is 10.6. The molecule has 2 aromatic rings. The second-order valence-electron chi connectivity index (χ2n) is 10.6. The lowest BCUT2D eigenvalue weighted by Crippen LogP contribution is -2.52. The van der Waals surface area contributed by atoms with Gasteiger partial charge in [-0.3, -0.25) is 9.59 Å². The first-order valence-electron chi connectivity index (χ1n) is 13.2. The first kappa shape index (κ1) is 26.5. The van der Waals surface area contributed by atoms with E-state index in [2.05, 4.69) is 10.6 Å². The summed E-state index contributed by atoms with van der Waals surface area (Å²) in [5.74, 6) is 0.972. The van der Waals surface area contributed by atoms with Crippen LogP contribution in [0.15, 0.2) is 18.2 Å². The average Bonchev–Trinajstić information content (AvgIpc) is 3.62. The molecule has 5 rings (SSSR count). The maximum Gasteiger partial charge on any atom is 0.389 e. The minimum atomic E-state index is -4.19. The molecule has 1 atom stereocenters. The highest BCUT2D eigenvalue weighted by Crippen LogP contribution is 2.43. The molecule has 0 radical (unpaired) electrons. The molecule has 1 fully saturated rings. The van der Waals surface area contributed by atoms with E-state index >= 15 is 0 Å². The van der Waals surface area contributed by atoms with Crippen molar-refractivity contribution >= 4 is 17.6 Å². The van der Waals surface area contributed by atoms with Gasteiger partial charge < -0.3 is 20.1 Å². The number of rotatable bonds is 10. The second-order valence-corrected chi connectivity index (χ2v) is 10.6. The van der Waals surface area contributed by atoms with Crippen molar-refractivity contribution in [1.29, 1.82) is 0 Å². The van der Waals surface area contributed by atoms with Crippen LogP contribution in [0.4, 0.5) is 19.0 Å². The van der Waals surface area contributed by atoms with Crippen molar-refractivity contribution in [3.63, 3.8) is 0 Å². The van der Waals surface area contributed by atoms with Crippen molar-refractivity contribution in [3.8, 4) is 5.75 Å². The number of anilines is 1. The molecule has 1 saturated carbocycles. The van der Waals surface area contributed by atoms with Crippen molar-refractivity contribution in [2.45, 2.75) is 76.0 Å². The highest BCUT2D eigenvalue weighted by Gasteiger charge is 2.45. The van der Waals surface area contributed by atoms with Gasteiger partial charge in [0.25, 0.3) is 11.8 Å². The number of nitrogens with one attached hydrogen (secondary N) is 2. The standard InChI is InChI=1S/C27H33F3N4O4/c1-37-16-22(35)31-24-23-21(33-34(24)12-9-17-5-6-17)15-26(32-25(23)36)10-2-4-18-14-19(7-8-20(18)26)38-13-3-11-27(28,29)30/h7-8,14,17H,2-6,9-13,15-16H2,1H3,(H,31,35)(H,32,36)/t26-/m0/s1. The van der Waals surface area contributed by atoms with Crippen LogP contribution in [0.1, 0.15) is 72.1 Å². The summed E-state index contributed by atoms with van der Waals surface area (Å²) in [4.78, 5) is 25.9. The zero-order chi connectivity index (χ0) is 26.9. The fraction of sp³-hybridized carbons (Fsp3) is 0.593. The van der Waals surface area contributed by atoms with Crippen molar-refractivity contribution < 1.29 is 32.2 Å². The molecule has 0 unspecified atom stereocenters. The summed E-state index contributed by atoms with van der Waals surface area (Å²) < 4.78 is 49.6.